The van der Waals surface area contributed by atoms with E-state index in [0.29, 0.717) is 32.1 Å². The molecule has 12 atom stereocenters. The minimum absolute atomic E-state index is 0.0173. The van der Waals surface area contributed by atoms with Gasteiger partial charge in [-0.05, 0) is 116 Å². The molecule has 8 heteroatoms. The largest absolute Gasteiger partial charge is 0.508 e. The number of phenols is 1. The molecular weight excluding hydrogens is 596 g/mol. The summed E-state index contributed by atoms with van der Waals surface area (Å²) in [4.78, 5) is 25.9. The number of allylic oxidation sites excluding steroid dienone is 1. The fourth-order valence-electron chi connectivity index (χ4n) is 12.0. The van der Waals surface area contributed by atoms with Crippen LogP contribution in [-0.2, 0) is 14.3 Å². The van der Waals surface area contributed by atoms with Crippen molar-refractivity contribution >= 4 is 18.0 Å². The number of aliphatic hydroxyl groups excluding tert-OH is 2. The number of hydrogen-bond acceptors (Lipinski definition) is 7. The summed E-state index contributed by atoms with van der Waals surface area (Å²) in [6.45, 7) is 12.7. The predicted octanol–water partition coefficient (Wildman–Crippen LogP) is 6.12. The number of benzene rings is 1. The Morgan fingerprint density at radius 3 is 2.30 bits per heavy atom. The summed E-state index contributed by atoms with van der Waals surface area (Å²) < 4.78 is 5.79. The first-order chi connectivity index (χ1) is 21.9. The number of aromatic hydroxyl groups is 1. The fraction of sp³-hybridized carbons (Fsp3) is 0.692. The van der Waals surface area contributed by atoms with Crippen molar-refractivity contribution in [1.29, 1.82) is 0 Å². The van der Waals surface area contributed by atoms with Gasteiger partial charge in [0.25, 0.3) is 0 Å². The van der Waals surface area contributed by atoms with Crippen LogP contribution in [-0.4, -0.2) is 61.9 Å². The number of hydrogen-bond donors (Lipinski definition) is 5. The maximum atomic E-state index is 13.0. The lowest BCUT2D eigenvalue weighted by Gasteiger charge is -2.72. The second-order valence-corrected chi connectivity index (χ2v) is 17.1. The van der Waals surface area contributed by atoms with Crippen LogP contribution in [0.15, 0.2) is 42.0 Å². The molecule has 0 saturated heterocycles. The summed E-state index contributed by atoms with van der Waals surface area (Å²) in [6.07, 6.45) is 8.45. The molecule has 6 rings (SSSR count). The summed E-state index contributed by atoms with van der Waals surface area (Å²) >= 11 is 0. The van der Waals surface area contributed by atoms with E-state index in [-0.39, 0.29) is 46.4 Å². The quantitative estimate of drug-likeness (QED) is 0.146. The van der Waals surface area contributed by atoms with E-state index >= 15 is 0 Å². The van der Waals surface area contributed by atoms with E-state index < -0.39 is 46.5 Å². The lowest BCUT2D eigenvalue weighted by molar-refractivity contribution is -0.248. The number of fused-ring (bicyclic) bond motifs is 7. The van der Waals surface area contributed by atoms with Gasteiger partial charge in [0.05, 0.1) is 29.8 Å². The number of phenolic OH excluding ortho intramolecular Hbond substituents is 1. The molecule has 8 nitrogen and oxygen atoms in total. The van der Waals surface area contributed by atoms with Gasteiger partial charge in [-0.1, -0.05) is 58.4 Å². The SMILES string of the molecule is C[C@@H]1CC[C@]2(C(=O)O)CC[C@]3(C)C(=CC[C@@H]4[C@@]5(C)CC(O)C(O)[C@@](C)(COC(=O)/C=C/c6ccc(O)cc6)[C@@H]5CC[C@]43C)[C@@H]2[C@]1(C)O. The van der Waals surface area contributed by atoms with Gasteiger partial charge in [0, 0.05) is 17.4 Å². The second kappa shape index (κ2) is 11.2. The molecule has 5 aliphatic rings. The first-order valence-electron chi connectivity index (χ1n) is 17.5. The van der Waals surface area contributed by atoms with Crippen molar-refractivity contribution in [2.24, 2.45) is 50.7 Å². The monoisotopic (exact) mass is 650 g/mol. The molecule has 47 heavy (non-hydrogen) atoms. The summed E-state index contributed by atoms with van der Waals surface area (Å²) in [5, 5.41) is 55.2. The topological polar surface area (TPSA) is 145 Å². The molecule has 258 valence electrons. The number of ether oxygens (including phenoxy) is 1. The summed E-state index contributed by atoms with van der Waals surface area (Å²) in [6, 6.07) is 6.48. The zero-order valence-electron chi connectivity index (χ0n) is 28.8. The van der Waals surface area contributed by atoms with Gasteiger partial charge in [-0.25, -0.2) is 4.79 Å². The van der Waals surface area contributed by atoms with Gasteiger partial charge in [0.2, 0.25) is 0 Å². The van der Waals surface area contributed by atoms with Crippen molar-refractivity contribution in [3.05, 3.63) is 47.6 Å². The Morgan fingerprint density at radius 1 is 0.957 bits per heavy atom. The van der Waals surface area contributed by atoms with Crippen LogP contribution in [0.4, 0.5) is 0 Å². The molecule has 0 aliphatic heterocycles. The highest BCUT2D eigenvalue weighted by Crippen LogP contribution is 2.76. The summed E-state index contributed by atoms with van der Waals surface area (Å²) in [5.74, 6) is -1.57. The Kier molecular flexibility index (Phi) is 8.13. The summed E-state index contributed by atoms with van der Waals surface area (Å²) in [5.41, 5.74) is -2.10. The van der Waals surface area contributed by atoms with Crippen molar-refractivity contribution in [1.82, 2.24) is 0 Å². The third kappa shape index (κ3) is 4.79. The van der Waals surface area contributed by atoms with Crippen LogP contribution in [0.5, 0.6) is 5.75 Å². The molecule has 0 radical (unpaired) electrons. The van der Waals surface area contributed by atoms with Gasteiger partial charge in [-0.2, -0.15) is 0 Å². The van der Waals surface area contributed by atoms with Crippen LogP contribution < -0.4 is 0 Å². The molecule has 0 aromatic heterocycles. The van der Waals surface area contributed by atoms with Crippen LogP contribution in [0.3, 0.4) is 0 Å². The predicted molar refractivity (Wildman–Crippen MR) is 178 cm³/mol. The van der Waals surface area contributed by atoms with Gasteiger partial charge in [0.15, 0.2) is 0 Å². The smallest absolute Gasteiger partial charge is 0.330 e. The number of aliphatic hydroxyl groups is 3. The lowest BCUT2D eigenvalue weighted by Crippen LogP contribution is -2.69. The molecule has 4 saturated carbocycles. The van der Waals surface area contributed by atoms with E-state index in [1.807, 2.05) is 20.8 Å². The van der Waals surface area contributed by atoms with Crippen LogP contribution >= 0.6 is 0 Å². The molecule has 1 aromatic carbocycles. The fourth-order valence-corrected chi connectivity index (χ4v) is 12.0. The third-order valence-corrected chi connectivity index (χ3v) is 15.1. The molecule has 0 bridgehead atoms. The van der Waals surface area contributed by atoms with Crippen LogP contribution in [0.25, 0.3) is 6.08 Å². The number of carbonyl (C=O) groups excluding carboxylic acids is 1. The van der Waals surface area contributed by atoms with E-state index in [4.69, 9.17) is 4.74 Å². The molecule has 0 heterocycles. The van der Waals surface area contributed by atoms with E-state index in [1.165, 1.54) is 6.08 Å². The highest BCUT2D eigenvalue weighted by atomic mass is 16.5. The Labute approximate surface area is 278 Å². The van der Waals surface area contributed by atoms with E-state index in [2.05, 4.69) is 26.8 Å². The number of carboxylic acid groups (broad SMARTS) is 1. The Bertz CT molecular complexity index is 1480. The molecule has 5 N–H and O–H groups in total. The maximum Gasteiger partial charge on any atom is 0.330 e. The van der Waals surface area contributed by atoms with Crippen LogP contribution in [0, 0.1) is 50.7 Å². The number of esters is 1. The number of rotatable bonds is 5. The Balaban J connectivity index is 1.32. The normalized spacial score (nSPS) is 47.6. The summed E-state index contributed by atoms with van der Waals surface area (Å²) in [7, 11) is 0. The van der Waals surface area contributed by atoms with Gasteiger partial charge in [0.1, 0.15) is 5.75 Å². The van der Waals surface area contributed by atoms with E-state index in [9.17, 15) is 35.1 Å². The molecule has 5 aliphatic carbocycles. The molecule has 0 amide bonds. The number of carboxylic acids is 1. The first kappa shape index (κ1) is 34.2. The third-order valence-electron chi connectivity index (χ3n) is 15.1. The second-order valence-electron chi connectivity index (χ2n) is 17.1. The molecule has 0 spiro atoms. The van der Waals surface area contributed by atoms with Crippen LogP contribution in [0.2, 0.25) is 0 Å². The molecule has 1 aromatic rings. The maximum absolute atomic E-state index is 13.0. The van der Waals surface area contributed by atoms with Crippen molar-refractivity contribution in [2.45, 2.75) is 111 Å². The highest BCUT2D eigenvalue weighted by Gasteiger charge is 2.72. The Morgan fingerprint density at radius 2 is 1.64 bits per heavy atom. The average molecular weight is 651 g/mol. The molecule has 4 fully saturated rings. The van der Waals surface area contributed by atoms with Gasteiger partial charge in [-0.15, -0.1) is 0 Å². The standard InChI is InChI=1S/C39H54O8/c1-23-15-18-39(33(44)45)20-19-36(4)26(31(39)38(23,6)46)12-13-29-34(2)21-27(41)32(43)35(3,28(34)16-17-37(29,36)5)22-47-30(42)14-9-24-7-10-25(40)11-8-24/h7-12,14,23,27-29,31-32,40-41,43,46H,13,15-22H2,1-6H3,(H,44,45)/b14-9+/t23-,27?,28-,29-,31-,32?,34+,35+,36-,37-,38-,39+/m1/s1. The zero-order valence-corrected chi connectivity index (χ0v) is 28.8. The minimum atomic E-state index is -1.14. The van der Waals surface area contributed by atoms with E-state index in [0.717, 1.165) is 30.4 Å². The number of carbonyl (C=O) groups is 2. The van der Waals surface area contributed by atoms with E-state index in [1.54, 1.807) is 30.3 Å². The average Bonchev–Trinajstić information content (AvgIpc) is 3.00. The van der Waals surface area contributed by atoms with Gasteiger partial charge < -0.3 is 30.3 Å². The Hall–Kier alpha value is -2.68. The number of aliphatic carboxylic acids is 1. The minimum Gasteiger partial charge on any atom is -0.508 e. The van der Waals surface area contributed by atoms with Crippen molar-refractivity contribution in [2.75, 3.05) is 6.61 Å². The van der Waals surface area contributed by atoms with Crippen molar-refractivity contribution < 1.29 is 39.9 Å². The van der Waals surface area contributed by atoms with Gasteiger partial charge >= 0.3 is 11.9 Å². The highest BCUT2D eigenvalue weighted by molar-refractivity contribution is 5.87. The molecular formula is C39H54O8. The van der Waals surface area contributed by atoms with Gasteiger partial charge in [-0.3, -0.25) is 4.79 Å². The molecule has 2 unspecified atom stereocenters. The van der Waals surface area contributed by atoms with Crippen LogP contribution in [0.1, 0.15) is 98.5 Å². The first-order valence-corrected chi connectivity index (χ1v) is 17.5. The van der Waals surface area contributed by atoms with Crippen molar-refractivity contribution in [3.8, 4) is 5.75 Å². The van der Waals surface area contributed by atoms with Crippen molar-refractivity contribution in [3.63, 3.8) is 0 Å². The zero-order chi connectivity index (χ0) is 34.4. The lowest BCUT2D eigenvalue weighted by atomic mass is 9.33.